The molecule has 0 bridgehead atoms. The molecule has 1 rings (SSSR count). The van der Waals surface area contributed by atoms with Crippen LogP contribution in [0.5, 0.6) is 0 Å². The van der Waals surface area contributed by atoms with E-state index in [1.807, 2.05) is 4.90 Å². The summed E-state index contributed by atoms with van der Waals surface area (Å²) in [7, 11) is 0. The van der Waals surface area contributed by atoms with Crippen molar-refractivity contribution in [2.45, 2.75) is 40.5 Å². The summed E-state index contributed by atoms with van der Waals surface area (Å²) in [5.74, 6) is 1.10. The van der Waals surface area contributed by atoms with Gasteiger partial charge in [0, 0.05) is 23.8 Å². The van der Waals surface area contributed by atoms with E-state index in [2.05, 4.69) is 48.6 Å². The van der Waals surface area contributed by atoms with E-state index in [4.69, 9.17) is 11.6 Å². The van der Waals surface area contributed by atoms with Crippen LogP contribution in [-0.4, -0.2) is 28.9 Å². The molecular weight excluding hydrogens is 352 g/mol. The molecule has 1 heterocycles. The minimum absolute atomic E-state index is 0.0323. The van der Waals surface area contributed by atoms with Gasteiger partial charge in [-0.2, -0.15) is 0 Å². The lowest BCUT2D eigenvalue weighted by molar-refractivity contribution is 0.0740. The van der Waals surface area contributed by atoms with Gasteiger partial charge in [-0.1, -0.05) is 39.3 Å². The fourth-order valence-corrected chi connectivity index (χ4v) is 2.40. The Balaban J connectivity index is 2.89. The summed E-state index contributed by atoms with van der Waals surface area (Å²) in [5.41, 5.74) is 0.471. The number of carbonyl (C=O) groups excluding carboxylic acids is 1. The Kier molecular flexibility index (Phi) is 7.67. The molecule has 0 radical (unpaired) electrons. The third-order valence-corrected chi connectivity index (χ3v) is 4.01. The van der Waals surface area contributed by atoms with E-state index >= 15 is 0 Å². The summed E-state index contributed by atoms with van der Waals surface area (Å²) in [5, 5.41) is 0.266. The van der Waals surface area contributed by atoms with Gasteiger partial charge in [-0.3, -0.25) is 4.79 Å². The number of amides is 1. The van der Waals surface area contributed by atoms with E-state index in [-0.39, 0.29) is 11.1 Å². The first kappa shape index (κ1) is 18.4. The molecule has 0 saturated heterocycles. The van der Waals surface area contributed by atoms with Crippen LogP contribution in [0.3, 0.4) is 0 Å². The van der Waals surface area contributed by atoms with Crippen LogP contribution in [0.4, 0.5) is 0 Å². The van der Waals surface area contributed by atoms with E-state index in [0.29, 0.717) is 17.4 Å². The first-order valence-corrected chi connectivity index (χ1v) is 8.58. The van der Waals surface area contributed by atoms with Gasteiger partial charge in [-0.05, 0) is 46.7 Å². The molecule has 0 aromatic carbocycles. The predicted molar refractivity (Wildman–Crippen MR) is 91.8 cm³/mol. The summed E-state index contributed by atoms with van der Waals surface area (Å²) in [4.78, 5) is 18.7. The molecule has 1 aromatic heterocycles. The molecule has 0 aliphatic heterocycles. The maximum Gasteiger partial charge on any atom is 0.257 e. The normalized spacial score (nSPS) is 11.2. The summed E-state index contributed by atoms with van der Waals surface area (Å²) in [6.07, 6.45) is 3.58. The van der Waals surface area contributed by atoms with Crippen LogP contribution in [0.1, 0.15) is 50.9 Å². The van der Waals surface area contributed by atoms with Crippen LogP contribution in [0, 0.1) is 11.8 Å². The second kappa shape index (κ2) is 8.74. The second-order valence-corrected chi connectivity index (χ2v) is 7.42. The monoisotopic (exact) mass is 374 g/mol. The highest BCUT2D eigenvalue weighted by atomic mass is 79.9. The van der Waals surface area contributed by atoms with Crippen molar-refractivity contribution in [3.05, 3.63) is 27.5 Å². The molecule has 0 aliphatic rings. The van der Waals surface area contributed by atoms with Crippen LogP contribution < -0.4 is 0 Å². The van der Waals surface area contributed by atoms with Gasteiger partial charge in [0.15, 0.2) is 0 Å². The van der Waals surface area contributed by atoms with Crippen LogP contribution in [0.15, 0.2) is 16.7 Å². The van der Waals surface area contributed by atoms with Gasteiger partial charge < -0.3 is 4.90 Å². The summed E-state index contributed by atoms with van der Waals surface area (Å²) in [6.45, 7) is 10.2. The van der Waals surface area contributed by atoms with E-state index < -0.39 is 0 Å². The van der Waals surface area contributed by atoms with E-state index in [0.717, 1.165) is 30.4 Å². The van der Waals surface area contributed by atoms with E-state index in [1.54, 1.807) is 12.3 Å². The maximum atomic E-state index is 12.7. The Bertz CT molecular complexity index is 465. The van der Waals surface area contributed by atoms with Crippen molar-refractivity contribution in [1.82, 2.24) is 9.88 Å². The molecular formula is C16H24BrClN2O. The molecule has 3 nitrogen and oxygen atoms in total. The van der Waals surface area contributed by atoms with Gasteiger partial charge in [0.05, 0.1) is 5.56 Å². The summed E-state index contributed by atoms with van der Waals surface area (Å²) in [6, 6.07) is 1.75. The average molecular weight is 376 g/mol. The Labute approximate surface area is 141 Å². The molecule has 21 heavy (non-hydrogen) atoms. The van der Waals surface area contributed by atoms with Crippen LogP contribution in [0.2, 0.25) is 5.15 Å². The van der Waals surface area contributed by atoms with Gasteiger partial charge in [-0.25, -0.2) is 4.98 Å². The van der Waals surface area contributed by atoms with Crippen molar-refractivity contribution < 1.29 is 4.79 Å². The molecule has 0 unspecified atom stereocenters. The fraction of sp³-hybridized carbons (Fsp3) is 0.625. The van der Waals surface area contributed by atoms with Crippen LogP contribution in [0.25, 0.3) is 0 Å². The SMILES string of the molecule is CC(C)CCN(CCC(C)C)C(=O)c1cc(Br)cnc1Cl. The molecule has 118 valence electrons. The number of hydrogen-bond donors (Lipinski definition) is 0. The van der Waals surface area contributed by atoms with Crippen molar-refractivity contribution in [3.8, 4) is 0 Å². The van der Waals surface area contributed by atoms with Gasteiger partial charge >= 0.3 is 0 Å². The molecule has 0 N–H and O–H groups in total. The minimum atomic E-state index is -0.0323. The average Bonchev–Trinajstić information content (AvgIpc) is 2.40. The number of rotatable bonds is 7. The predicted octanol–water partition coefficient (Wildman–Crippen LogP) is 5.03. The van der Waals surface area contributed by atoms with Crippen molar-refractivity contribution in [1.29, 1.82) is 0 Å². The number of hydrogen-bond acceptors (Lipinski definition) is 2. The topological polar surface area (TPSA) is 33.2 Å². The molecule has 0 fully saturated rings. The number of carbonyl (C=O) groups is 1. The number of pyridine rings is 1. The lowest BCUT2D eigenvalue weighted by Gasteiger charge is -2.25. The highest BCUT2D eigenvalue weighted by molar-refractivity contribution is 9.10. The van der Waals surface area contributed by atoms with Crippen molar-refractivity contribution in [3.63, 3.8) is 0 Å². The third kappa shape index (κ3) is 6.35. The number of nitrogens with zero attached hydrogens (tertiary/aromatic N) is 2. The zero-order chi connectivity index (χ0) is 16.0. The lowest BCUT2D eigenvalue weighted by atomic mass is 10.1. The molecule has 0 saturated carbocycles. The Morgan fingerprint density at radius 2 is 1.76 bits per heavy atom. The van der Waals surface area contributed by atoms with Crippen molar-refractivity contribution in [2.75, 3.05) is 13.1 Å². The van der Waals surface area contributed by atoms with Gasteiger partial charge in [0.1, 0.15) is 5.15 Å². The van der Waals surface area contributed by atoms with Crippen LogP contribution >= 0.6 is 27.5 Å². The third-order valence-electron chi connectivity index (χ3n) is 3.28. The van der Waals surface area contributed by atoms with Crippen molar-refractivity contribution >= 4 is 33.4 Å². The molecule has 0 aliphatic carbocycles. The summed E-state index contributed by atoms with van der Waals surface area (Å²) < 4.78 is 0.767. The minimum Gasteiger partial charge on any atom is -0.339 e. The van der Waals surface area contributed by atoms with Gasteiger partial charge in [0.25, 0.3) is 5.91 Å². The van der Waals surface area contributed by atoms with E-state index in [1.165, 1.54) is 0 Å². The first-order valence-electron chi connectivity index (χ1n) is 7.41. The fourth-order valence-electron chi connectivity index (χ4n) is 1.89. The number of halogens is 2. The largest absolute Gasteiger partial charge is 0.339 e. The Morgan fingerprint density at radius 1 is 1.24 bits per heavy atom. The molecule has 0 atom stereocenters. The molecule has 0 spiro atoms. The highest BCUT2D eigenvalue weighted by Gasteiger charge is 2.20. The molecule has 1 aromatic rings. The quantitative estimate of drug-likeness (QED) is 0.626. The Hall–Kier alpha value is -0.610. The zero-order valence-electron chi connectivity index (χ0n) is 13.2. The maximum absolute atomic E-state index is 12.7. The van der Waals surface area contributed by atoms with Gasteiger partial charge in [0.2, 0.25) is 0 Å². The molecule has 1 amide bonds. The zero-order valence-corrected chi connectivity index (χ0v) is 15.5. The standard InChI is InChI=1S/C16H24BrClN2O/c1-11(2)5-7-20(8-6-12(3)4)16(21)14-9-13(17)10-19-15(14)18/h9-12H,5-8H2,1-4H3. The van der Waals surface area contributed by atoms with E-state index in [9.17, 15) is 4.79 Å². The highest BCUT2D eigenvalue weighted by Crippen LogP contribution is 2.21. The number of aromatic nitrogens is 1. The van der Waals surface area contributed by atoms with Crippen molar-refractivity contribution in [2.24, 2.45) is 11.8 Å². The van der Waals surface area contributed by atoms with Gasteiger partial charge in [-0.15, -0.1) is 0 Å². The molecule has 5 heteroatoms. The summed E-state index contributed by atoms with van der Waals surface area (Å²) >= 11 is 9.43. The smallest absolute Gasteiger partial charge is 0.257 e. The Morgan fingerprint density at radius 3 is 2.24 bits per heavy atom. The second-order valence-electron chi connectivity index (χ2n) is 6.15. The van der Waals surface area contributed by atoms with Crippen LogP contribution in [-0.2, 0) is 0 Å². The lowest BCUT2D eigenvalue weighted by Crippen LogP contribution is -2.34. The first-order chi connectivity index (χ1) is 9.81.